The first kappa shape index (κ1) is 15.6. The summed E-state index contributed by atoms with van der Waals surface area (Å²) in [6.45, 7) is 0. The first-order valence-corrected chi connectivity index (χ1v) is 8.90. The van der Waals surface area contributed by atoms with Gasteiger partial charge in [0.1, 0.15) is 10.6 Å². The average Bonchev–Trinajstić information content (AvgIpc) is 2.41. The molecule has 2 aromatic rings. The number of hydrogen-bond donors (Lipinski definition) is 1. The van der Waals surface area contributed by atoms with Crippen molar-refractivity contribution in [2.24, 2.45) is 0 Å². The van der Waals surface area contributed by atoms with E-state index in [4.69, 9.17) is 4.74 Å². The minimum absolute atomic E-state index is 0.0907. The van der Waals surface area contributed by atoms with Crippen molar-refractivity contribution < 1.29 is 13.2 Å². The Kier molecular flexibility index (Phi) is 4.92. The molecule has 7 heteroatoms. The summed E-state index contributed by atoms with van der Waals surface area (Å²) in [4.78, 5) is 0.0907. The molecule has 0 heterocycles. The first-order valence-electron chi connectivity index (χ1n) is 5.54. The lowest BCUT2D eigenvalue weighted by Gasteiger charge is -2.12. The Balaban J connectivity index is 2.40. The van der Waals surface area contributed by atoms with Crippen molar-refractivity contribution in [3.05, 3.63) is 50.5 Å². The van der Waals surface area contributed by atoms with Gasteiger partial charge >= 0.3 is 0 Å². The van der Waals surface area contributed by atoms with E-state index in [0.717, 1.165) is 3.57 Å². The average molecular weight is 468 g/mol. The largest absolute Gasteiger partial charge is 0.495 e. The van der Waals surface area contributed by atoms with Crippen molar-refractivity contribution in [3.63, 3.8) is 0 Å². The van der Waals surface area contributed by atoms with Crippen LogP contribution < -0.4 is 9.46 Å². The van der Waals surface area contributed by atoms with Crippen LogP contribution in [0.4, 0.5) is 5.69 Å². The van der Waals surface area contributed by atoms with Crippen LogP contribution >= 0.6 is 38.5 Å². The fourth-order valence-corrected chi connectivity index (χ4v) is 3.72. The molecular formula is C13H11BrINO3S. The van der Waals surface area contributed by atoms with Gasteiger partial charge in [0.2, 0.25) is 0 Å². The van der Waals surface area contributed by atoms with E-state index in [1.54, 1.807) is 24.3 Å². The highest BCUT2D eigenvalue weighted by Gasteiger charge is 2.20. The number of methoxy groups -OCH3 is 1. The number of anilines is 1. The van der Waals surface area contributed by atoms with Gasteiger partial charge in [0.25, 0.3) is 10.0 Å². The molecule has 0 spiro atoms. The minimum Gasteiger partial charge on any atom is -0.495 e. The second-order valence-electron chi connectivity index (χ2n) is 3.91. The summed E-state index contributed by atoms with van der Waals surface area (Å²) in [5, 5.41) is 0. The summed E-state index contributed by atoms with van der Waals surface area (Å²) in [5.41, 5.74) is 0.507. The molecule has 0 fully saturated rings. The number of rotatable bonds is 4. The van der Waals surface area contributed by atoms with E-state index in [2.05, 4.69) is 43.2 Å². The van der Waals surface area contributed by atoms with Gasteiger partial charge < -0.3 is 4.74 Å². The van der Waals surface area contributed by atoms with Gasteiger partial charge in [-0.05, 0) is 65.1 Å². The SMILES string of the molecule is COc1ccc(Br)cc1S(=O)(=O)Nc1ccc(I)cc1. The molecule has 0 aliphatic heterocycles. The van der Waals surface area contributed by atoms with Crippen molar-refractivity contribution in [2.75, 3.05) is 11.8 Å². The van der Waals surface area contributed by atoms with Gasteiger partial charge in [-0.25, -0.2) is 8.42 Å². The maximum atomic E-state index is 12.4. The second kappa shape index (κ2) is 6.31. The molecule has 0 saturated heterocycles. The Hall–Kier alpha value is -0.800. The van der Waals surface area contributed by atoms with Gasteiger partial charge in [0, 0.05) is 13.7 Å². The summed E-state index contributed by atoms with van der Waals surface area (Å²) in [6.07, 6.45) is 0. The molecule has 106 valence electrons. The Labute approximate surface area is 139 Å². The van der Waals surface area contributed by atoms with Crippen LogP contribution in [0.2, 0.25) is 0 Å². The second-order valence-corrected chi connectivity index (χ2v) is 7.72. The molecule has 0 radical (unpaired) electrons. The van der Waals surface area contributed by atoms with Crippen molar-refractivity contribution in [3.8, 4) is 5.75 Å². The Morgan fingerprint density at radius 2 is 1.80 bits per heavy atom. The highest BCUT2D eigenvalue weighted by atomic mass is 127. The zero-order chi connectivity index (χ0) is 14.8. The van der Waals surface area contributed by atoms with Crippen LogP contribution in [0, 0.1) is 3.57 Å². The van der Waals surface area contributed by atoms with Crippen molar-refractivity contribution in [1.29, 1.82) is 0 Å². The summed E-state index contributed by atoms with van der Waals surface area (Å²) in [7, 11) is -2.26. The Morgan fingerprint density at radius 3 is 2.40 bits per heavy atom. The van der Waals surface area contributed by atoms with E-state index in [9.17, 15) is 8.42 Å². The molecule has 0 amide bonds. The maximum absolute atomic E-state index is 12.4. The highest BCUT2D eigenvalue weighted by molar-refractivity contribution is 14.1. The first-order chi connectivity index (χ1) is 9.42. The van der Waals surface area contributed by atoms with Gasteiger partial charge in [0.15, 0.2) is 0 Å². The normalized spacial score (nSPS) is 11.2. The maximum Gasteiger partial charge on any atom is 0.265 e. The third kappa shape index (κ3) is 3.64. The topological polar surface area (TPSA) is 55.4 Å². The lowest BCUT2D eigenvalue weighted by molar-refractivity contribution is 0.403. The Bertz CT molecular complexity index is 717. The molecule has 20 heavy (non-hydrogen) atoms. The fraction of sp³-hybridized carbons (Fsp3) is 0.0769. The van der Waals surface area contributed by atoms with E-state index in [-0.39, 0.29) is 4.90 Å². The van der Waals surface area contributed by atoms with Gasteiger partial charge in [-0.3, -0.25) is 4.72 Å². The molecule has 0 aliphatic rings. The van der Waals surface area contributed by atoms with Crippen LogP contribution in [0.15, 0.2) is 51.8 Å². The molecule has 0 unspecified atom stereocenters. The van der Waals surface area contributed by atoms with Crippen molar-refractivity contribution in [1.82, 2.24) is 0 Å². The van der Waals surface area contributed by atoms with Crippen molar-refractivity contribution in [2.45, 2.75) is 4.90 Å². The van der Waals surface area contributed by atoms with Crippen LogP contribution in [0.5, 0.6) is 5.75 Å². The zero-order valence-electron chi connectivity index (χ0n) is 10.4. The smallest absolute Gasteiger partial charge is 0.265 e. The predicted molar refractivity (Wildman–Crippen MR) is 90.7 cm³/mol. The minimum atomic E-state index is -3.70. The third-order valence-corrected chi connectivity index (χ3v) is 5.13. The monoisotopic (exact) mass is 467 g/mol. The van der Waals surface area contributed by atoms with Crippen LogP contribution in [0.25, 0.3) is 0 Å². The van der Waals surface area contributed by atoms with Crippen molar-refractivity contribution >= 4 is 54.2 Å². The third-order valence-electron chi connectivity index (χ3n) is 2.51. The number of nitrogens with one attached hydrogen (secondary N) is 1. The molecule has 4 nitrogen and oxygen atoms in total. The van der Waals surface area contributed by atoms with Gasteiger partial charge in [0.05, 0.1) is 7.11 Å². The number of halogens is 2. The summed E-state index contributed by atoms with van der Waals surface area (Å²) >= 11 is 5.42. The molecule has 0 bridgehead atoms. The fourth-order valence-electron chi connectivity index (χ4n) is 1.59. The lowest BCUT2D eigenvalue weighted by Crippen LogP contribution is -2.14. The number of ether oxygens (including phenoxy) is 1. The molecule has 0 saturated carbocycles. The summed E-state index contributed by atoms with van der Waals surface area (Å²) in [5.74, 6) is 0.297. The predicted octanol–water partition coefficient (Wildman–Crippen LogP) is 3.86. The van der Waals surface area contributed by atoms with E-state index in [1.165, 1.54) is 13.2 Å². The quantitative estimate of drug-likeness (QED) is 0.694. The van der Waals surface area contributed by atoms with E-state index in [1.807, 2.05) is 12.1 Å². The number of benzene rings is 2. The lowest BCUT2D eigenvalue weighted by atomic mass is 10.3. The van der Waals surface area contributed by atoms with Crippen LogP contribution in [0.1, 0.15) is 0 Å². The summed E-state index contributed by atoms with van der Waals surface area (Å²) < 4.78 is 34.1. The zero-order valence-corrected chi connectivity index (χ0v) is 15.0. The Morgan fingerprint density at radius 1 is 1.15 bits per heavy atom. The highest BCUT2D eigenvalue weighted by Crippen LogP contribution is 2.28. The molecule has 2 aromatic carbocycles. The van der Waals surface area contributed by atoms with Gasteiger partial charge in [-0.1, -0.05) is 15.9 Å². The number of hydrogen-bond acceptors (Lipinski definition) is 3. The van der Waals surface area contributed by atoms with Crippen LogP contribution in [-0.4, -0.2) is 15.5 Å². The van der Waals surface area contributed by atoms with Gasteiger partial charge in [-0.2, -0.15) is 0 Å². The molecule has 0 atom stereocenters. The molecule has 0 aromatic heterocycles. The standard InChI is InChI=1S/C13H11BrINO3S/c1-19-12-7-2-9(14)8-13(12)20(17,18)16-11-5-3-10(15)4-6-11/h2-8,16H,1H3. The molecule has 2 rings (SSSR count). The van der Waals surface area contributed by atoms with Crippen LogP contribution in [-0.2, 0) is 10.0 Å². The molecule has 1 N–H and O–H groups in total. The van der Waals surface area contributed by atoms with E-state index < -0.39 is 10.0 Å². The molecular weight excluding hydrogens is 457 g/mol. The summed E-state index contributed by atoms with van der Waals surface area (Å²) in [6, 6.07) is 11.9. The van der Waals surface area contributed by atoms with Gasteiger partial charge in [-0.15, -0.1) is 0 Å². The van der Waals surface area contributed by atoms with Crippen LogP contribution in [0.3, 0.4) is 0 Å². The van der Waals surface area contributed by atoms with E-state index >= 15 is 0 Å². The van der Waals surface area contributed by atoms with E-state index in [0.29, 0.717) is 15.9 Å². The molecule has 0 aliphatic carbocycles. The number of sulfonamides is 1.